The molecule has 30 heavy (non-hydrogen) atoms. The van der Waals surface area contributed by atoms with E-state index in [9.17, 15) is 9.59 Å². The van der Waals surface area contributed by atoms with Gasteiger partial charge in [0, 0.05) is 24.7 Å². The van der Waals surface area contributed by atoms with Crippen LogP contribution in [0.4, 0.5) is 5.69 Å². The fraction of sp³-hybridized carbons (Fsp3) is 0.238. The number of benzene rings is 2. The summed E-state index contributed by atoms with van der Waals surface area (Å²) in [4.78, 5) is 30.6. The minimum atomic E-state index is -0.571. The first kappa shape index (κ1) is 19.9. The number of amides is 1. The van der Waals surface area contributed by atoms with Crippen LogP contribution < -0.4 is 9.64 Å². The molecular weight excluding hydrogens is 410 g/mol. The first-order chi connectivity index (χ1) is 14.5. The quantitative estimate of drug-likeness (QED) is 0.555. The number of rotatable bonds is 6. The van der Waals surface area contributed by atoms with E-state index in [1.54, 1.807) is 60.5 Å². The van der Waals surface area contributed by atoms with Crippen LogP contribution in [0, 0.1) is 5.92 Å². The highest BCUT2D eigenvalue weighted by molar-refractivity contribution is 6.33. The van der Waals surface area contributed by atoms with Crippen LogP contribution in [0.15, 0.2) is 53.1 Å². The van der Waals surface area contributed by atoms with Crippen LogP contribution in [0.2, 0.25) is 5.02 Å². The second-order valence-corrected chi connectivity index (χ2v) is 7.12. The topological polar surface area (TPSA) is 94.8 Å². The number of ether oxygens (including phenoxy) is 2. The van der Waals surface area contributed by atoms with Gasteiger partial charge in [0.25, 0.3) is 5.89 Å². The zero-order valence-corrected chi connectivity index (χ0v) is 16.8. The van der Waals surface area contributed by atoms with Gasteiger partial charge in [0.2, 0.25) is 11.7 Å². The SMILES string of the molecule is COc1cccc(N2CC(C(=O)OCc3noc(-c4ccccc4Cl)n3)CC2=O)c1. The predicted octanol–water partition coefficient (Wildman–Crippen LogP) is 3.49. The van der Waals surface area contributed by atoms with Crippen molar-refractivity contribution in [2.75, 3.05) is 18.6 Å². The molecule has 2 heterocycles. The molecule has 0 bridgehead atoms. The first-order valence-corrected chi connectivity index (χ1v) is 9.61. The van der Waals surface area contributed by atoms with Gasteiger partial charge in [-0.2, -0.15) is 4.98 Å². The van der Waals surface area contributed by atoms with Crippen molar-refractivity contribution in [3.05, 3.63) is 59.4 Å². The van der Waals surface area contributed by atoms with E-state index >= 15 is 0 Å². The molecule has 1 atom stereocenters. The molecule has 1 saturated heterocycles. The summed E-state index contributed by atoms with van der Waals surface area (Å²) >= 11 is 6.12. The van der Waals surface area contributed by atoms with E-state index < -0.39 is 11.9 Å². The maximum Gasteiger partial charge on any atom is 0.311 e. The van der Waals surface area contributed by atoms with E-state index in [0.717, 1.165) is 0 Å². The lowest BCUT2D eigenvalue weighted by atomic mass is 10.1. The fourth-order valence-corrected chi connectivity index (χ4v) is 3.42. The molecule has 1 aromatic heterocycles. The zero-order chi connectivity index (χ0) is 21.1. The molecule has 0 N–H and O–H groups in total. The molecule has 2 aromatic carbocycles. The summed E-state index contributed by atoms with van der Waals surface area (Å²) in [6, 6.07) is 14.2. The maximum absolute atomic E-state index is 12.5. The average Bonchev–Trinajstić information content (AvgIpc) is 3.39. The summed E-state index contributed by atoms with van der Waals surface area (Å²) in [7, 11) is 1.56. The third-order valence-corrected chi connectivity index (χ3v) is 5.07. The van der Waals surface area contributed by atoms with Gasteiger partial charge in [-0.1, -0.05) is 35.0 Å². The summed E-state index contributed by atoms with van der Waals surface area (Å²) in [6.45, 7) is 0.0819. The van der Waals surface area contributed by atoms with E-state index in [2.05, 4.69) is 10.1 Å². The van der Waals surface area contributed by atoms with Crippen molar-refractivity contribution < 1.29 is 23.6 Å². The van der Waals surface area contributed by atoms with Crippen LogP contribution in [0.25, 0.3) is 11.5 Å². The smallest absolute Gasteiger partial charge is 0.311 e. The highest BCUT2D eigenvalue weighted by Gasteiger charge is 2.36. The van der Waals surface area contributed by atoms with Gasteiger partial charge in [0.05, 0.1) is 23.6 Å². The van der Waals surface area contributed by atoms with Crippen molar-refractivity contribution in [1.29, 1.82) is 0 Å². The molecule has 1 unspecified atom stereocenters. The third-order valence-electron chi connectivity index (χ3n) is 4.74. The number of halogens is 1. The van der Waals surface area contributed by atoms with E-state index in [0.29, 0.717) is 22.0 Å². The van der Waals surface area contributed by atoms with Crippen LogP contribution >= 0.6 is 11.6 Å². The number of aromatic nitrogens is 2. The fourth-order valence-electron chi connectivity index (χ4n) is 3.20. The number of nitrogens with zero attached hydrogens (tertiary/aromatic N) is 3. The Bertz CT molecular complexity index is 1080. The number of anilines is 1. The normalized spacial score (nSPS) is 16.0. The van der Waals surface area contributed by atoms with Gasteiger partial charge in [-0.3, -0.25) is 9.59 Å². The Morgan fingerprint density at radius 3 is 2.90 bits per heavy atom. The standard InChI is InChI=1S/C21H18ClN3O5/c1-28-15-6-4-5-14(10-15)25-11-13(9-19(25)26)21(27)29-12-18-23-20(30-24-18)16-7-2-3-8-17(16)22/h2-8,10,13H,9,11-12H2,1H3. The van der Waals surface area contributed by atoms with E-state index in [1.807, 2.05) is 0 Å². The van der Waals surface area contributed by atoms with Crippen molar-refractivity contribution in [1.82, 2.24) is 10.1 Å². The molecule has 1 fully saturated rings. The van der Waals surface area contributed by atoms with E-state index in [1.165, 1.54) is 0 Å². The van der Waals surface area contributed by atoms with Crippen LogP contribution in [0.5, 0.6) is 5.75 Å². The molecule has 0 radical (unpaired) electrons. The Balaban J connectivity index is 1.37. The zero-order valence-electron chi connectivity index (χ0n) is 16.1. The van der Waals surface area contributed by atoms with Gasteiger partial charge in [-0.05, 0) is 24.3 Å². The first-order valence-electron chi connectivity index (χ1n) is 9.23. The molecule has 0 saturated carbocycles. The number of esters is 1. The summed E-state index contributed by atoms with van der Waals surface area (Å²) in [6.07, 6.45) is 0.0765. The molecule has 1 aliphatic heterocycles. The molecule has 3 aromatic rings. The number of methoxy groups -OCH3 is 1. The summed E-state index contributed by atoms with van der Waals surface area (Å²) in [5, 5.41) is 4.29. The summed E-state index contributed by atoms with van der Waals surface area (Å²) < 4.78 is 15.7. The lowest BCUT2D eigenvalue weighted by Gasteiger charge is -2.17. The lowest BCUT2D eigenvalue weighted by molar-refractivity contribution is -0.149. The predicted molar refractivity (Wildman–Crippen MR) is 108 cm³/mol. The minimum absolute atomic E-state index is 0.0765. The van der Waals surface area contributed by atoms with Gasteiger partial charge >= 0.3 is 5.97 Å². The number of hydrogen-bond donors (Lipinski definition) is 0. The third kappa shape index (κ3) is 4.13. The summed E-state index contributed by atoms with van der Waals surface area (Å²) in [5.74, 6) is -0.112. The Kier molecular flexibility index (Phi) is 5.67. The molecule has 1 amide bonds. The van der Waals surface area contributed by atoms with Crippen molar-refractivity contribution >= 4 is 29.2 Å². The Labute approximate surface area is 177 Å². The minimum Gasteiger partial charge on any atom is -0.497 e. The van der Waals surface area contributed by atoms with Crippen LogP contribution in [0.1, 0.15) is 12.2 Å². The monoisotopic (exact) mass is 427 g/mol. The van der Waals surface area contributed by atoms with Crippen LogP contribution in [-0.2, 0) is 20.9 Å². The Hall–Kier alpha value is -3.39. The van der Waals surface area contributed by atoms with Crippen molar-refractivity contribution in [3.8, 4) is 17.2 Å². The van der Waals surface area contributed by atoms with E-state index in [4.69, 9.17) is 25.6 Å². The number of carbonyl (C=O) groups excluding carboxylic acids is 2. The van der Waals surface area contributed by atoms with Gasteiger partial charge in [-0.25, -0.2) is 0 Å². The average molecular weight is 428 g/mol. The Morgan fingerprint density at radius 1 is 1.27 bits per heavy atom. The lowest BCUT2D eigenvalue weighted by Crippen LogP contribution is -2.26. The summed E-state index contributed by atoms with van der Waals surface area (Å²) in [5.41, 5.74) is 1.27. The molecule has 4 rings (SSSR count). The highest BCUT2D eigenvalue weighted by atomic mass is 35.5. The largest absolute Gasteiger partial charge is 0.497 e. The molecular formula is C21H18ClN3O5. The molecule has 0 aliphatic carbocycles. The van der Waals surface area contributed by atoms with Gasteiger partial charge in [-0.15, -0.1) is 0 Å². The number of hydrogen-bond acceptors (Lipinski definition) is 7. The van der Waals surface area contributed by atoms with Gasteiger partial charge in [0.1, 0.15) is 5.75 Å². The molecule has 8 nitrogen and oxygen atoms in total. The van der Waals surface area contributed by atoms with Crippen molar-refractivity contribution in [2.24, 2.45) is 5.92 Å². The van der Waals surface area contributed by atoms with Crippen molar-refractivity contribution in [3.63, 3.8) is 0 Å². The van der Waals surface area contributed by atoms with Gasteiger partial charge < -0.3 is 18.9 Å². The molecule has 9 heteroatoms. The van der Waals surface area contributed by atoms with E-state index in [-0.39, 0.29) is 37.2 Å². The highest BCUT2D eigenvalue weighted by Crippen LogP contribution is 2.29. The second-order valence-electron chi connectivity index (χ2n) is 6.71. The van der Waals surface area contributed by atoms with Gasteiger partial charge in [0.15, 0.2) is 6.61 Å². The molecule has 154 valence electrons. The number of carbonyl (C=O) groups is 2. The second kappa shape index (κ2) is 8.54. The maximum atomic E-state index is 12.5. The van der Waals surface area contributed by atoms with Crippen molar-refractivity contribution in [2.45, 2.75) is 13.0 Å². The Morgan fingerprint density at radius 2 is 2.10 bits per heavy atom. The molecule has 0 spiro atoms. The van der Waals surface area contributed by atoms with Crippen LogP contribution in [0.3, 0.4) is 0 Å². The molecule has 1 aliphatic rings. The van der Waals surface area contributed by atoms with Crippen LogP contribution in [-0.4, -0.2) is 35.7 Å².